The number of nitro benzene ring substituents is 1. The molecule has 18 heavy (non-hydrogen) atoms. The molecule has 0 amide bonds. The first-order valence-electron chi connectivity index (χ1n) is 5.75. The highest BCUT2D eigenvalue weighted by Gasteiger charge is 2.45. The zero-order valence-electron chi connectivity index (χ0n) is 10.3. The Kier molecular flexibility index (Phi) is 2.98. The van der Waals surface area contributed by atoms with Gasteiger partial charge in [0.25, 0.3) is 0 Å². The molecule has 0 aromatic heterocycles. The quantitative estimate of drug-likeness (QED) is 0.661. The van der Waals surface area contributed by atoms with Crippen molar-refractivity contribution in [3.8, 4) is 0 Å². The normalized spacial score (nSPS) is 17.7. The molecule has 98 valence electrons. The Balaban J connectivity index is 2.27. The lowest BCUT2D eigenvalue weighted by Gasteiger charge is -2.49. The third-order valence-electron chi connectivity index (χ3n) is 3.49. The highest BCUT2D eigenvalue weighted by molar-refractivity contribution is 5.65. The lowest BCUT2D eigenvalue weighted by molar-refractivity contribution is -0.386. The summed E-state index contributed by atoms with van der Waals surface area (Å²) < 4.78 is 13.4. The van der Waals surface area contributed by atoms with E-state index in [9.17, 15) is 19.6 Å². The molecule has 1 N–H and O–H groups in total. The number of rotatable bonds is 3. The number of hydrogen-bond acceptors (Lipinski definition) is 4. The molecule has 5 nitrogen and oxygen atoms in total. The second-order valence-corrected chi connectivity index (χ2v) is 4.98. The number of hydrogen-bond donors (Lipinski definition) is 1. The number of aliphatic hydroxyl groups is 1. The second-order valence-electron chi connectivity index (χ2n) is 4.98. The van der Waals surface area contributed by atoms with Gasteiger partial charge in [-0.25, -0.2) is 0 Å². The van der Waals surface area contributed by atoms with Crippen molar-refractivity contribution in [2.45, 2.75) is 19.4 Å². The number of benzene rings is 1. The smallest absolute Gasteiger partial charge is 0.327 e. The third kappa shape index (κ3) is 1.92. The molecule has 1 saturated heterocycles. The van der Waals surface area contributed by atoms with Crippen molar-refractivity contribution in [3.63, 3.8) is 0 Å². The van der Waals surface area contributed by atoms with Crippen molar-refractivity contribution >= 4 is 11.4 Å². The van der Waals surface area contributed by atoms with Gasteiger partial charge >= 0.3 is 5.69 Å². The summed E-state index contributed by atoms with van der Waals surface area (Å²) in [6, 6.07) is 4.00. The van der Waals surface area contributed by atoms with E-state index < -0.39 is 22.0 Å². The average molecular weight is 254 g/mol. The van der Waals surface area contributed by atoms with Crippen molar-refractivity contribution in [1.82, 2.24) is 0 Å². The van der Waals surface area contributed by atoms with Crippen LogP contribution in [0.1, 0.15) is 13.8 Å². The monoisotopic (exact) mass is 254 g/mol. The predicted octanol–water partition coefficient (Wildman–Crippen LogP) is 1.94. The summed E-state index contributed by atoms with van der Waals surface area (Å²) in [5.41, 5.74) is -1.14. The molecule has 1 aromatic rings. The third-order valence-corrected chi connectivity index (χ3v) is 3.49. The Morgan fingerprint density at radius 3 is 2.61 bits per heavy atom. The molecule has 1 aliphatic heterocycles. The van der Waals surface area contributed by atoms with Crippen molar-refractivity contribution < 1.29 is 14.4 Å². The van der Waals surface area contributed by atoms with Gasteiger partial charge in [-0.05, 0) is 18.1 Å². The molecule has 1 fully saturated rings. The zero-order chi connectivity index (χ0) is 13.5. The van der Waals surface area contributed by atoms with Gasteiger partial charge in [-0.1, -0.05) is 19.9 Å². The van der Waals surface area contributed by atoms with Crippen LogP contribution in [0.25, 0.3) is 0 Å². The van der Waals surface area contributed by atoms with E-state index in [2.05, 4.69) is 0 Å². The van der Waals surface area contributed by atoms with Crippen molar-refractivity contribution in [2.75, 3.05) is 18.0 Å². The van der Waals surface area contributed by atoms with Gasteiger partial charge in [-0.3, -0.25) is 10.1 Å². The molecule has 0 atom stereocenters. The number of anilines is 1. The maximum Gasteiger partial charge on any atom is 0.327 e. The molecule has 0 unspecified atom stereocenters. The average Bonchev–Trinajstić information content (AvgIpc) is 2.23. The largest absolute Gasteiger partial charge is 0.386 e. The van der Waals surface area contributed by atoms with E-state index in [0.717, 1.165) is 6.07 Å². The van der Waals surface area contributed by atoms with Gasteiger partial charge in [0.15, 0.2) is 0 Å². The lowest BCUT2D eigenvalue weighted by atomic mass is 9.82. The van der Waals surface area contributed by atoms with Crippen LogP contribution in [0, 0.1) is 21.8 Å². The Morgan fingerprint density at radius 2 is 2.11 bits per heavy atom. The molecule has 0 spiro atoms. The minimum absolute atomic E-state index is 0.0568. The van der Waals surface area contributed by atoms with E-state index >= 15 is 0 Å². The maximum absolute atomic E-state index is 13.4. The minimum Gasteiger partial charge on any atom is -0.386 e. The van der Waals surface area contributed by atoms with Crippen LogP contribution in [0.5, 0.6) is 0 Å². The van der Waals surface area contributed by atoms with Crippen molar-refractivity contribution in [3.05, 3.63) is 34.1 Å². The number of halogens is 1. The zero-order valence-corrected chi connectivity index (χ0v) is 10.3. The van der Waals surface area contributed by atoms with Crippen LogP contribution in [0.3, 0.4) is 0 Å². The van der Waals surface area contributed by atoms with Crippen LogP contribution in [0.4, 0.5) is 15.8 Å². The minimum atomic E-state index is -0.850. The first-order valence-corrected chi connectivity index (χ1v) is 5.75. The van der Waals surface area contributed by atoms with Gasteiger partial charge in [0.05, 0.1) is 4.92 Å². The summed E-state index contributed by atoms with van der Waals surface area (Å²) in [5.74, 6) is -0.793. The van der Waals surface area contributed by atoms with Crippen LogP contribution in [-0.2, 0) is 0 Å². The molecule has 6 heteroatoms. The molecule has 1 aromatic carbocycles. The summed E-state index contributed by atoms with van der Waals surface area (Å²) in [5, 5.41) is 21.0. The van der Waals surface area contributed by atoms with Crippen LogP contribution in [0.2, 0.25) is 0 Å². The summed E-state index contributed by atoms with van der Waals surface area (Å²) >= 11 is 0. The van der Waals surface area contributed by atoms with Crippen molar-refractivity contribution in [2.24, 2.45) is 5.92 Å². The van der Waals surface area contributed by atoms with E-state index in [0.29, 0.717) is 0 Å². The molecule has 0 aliphatic carbocycles. The Labute approximate surface area is 104 Å². The number of nitrogens with zero attached hydrogens (tertiary/aromatic N) is 2. The molecule has 1 aliphatic rings. The van der Waals surface area contributed by atoms with Gasteiger partial charge in [0.1, 0.15) is 11.3 Å². The van der Waals surface area contributed by atoms with Gasteiger partial charge < -0.3 is 10.0 Å². The number of para-hydroxylation sites is 1. The second kappa shape index (κ2) is 4.20. The van der Waals surface area contributed by atoms with E-state index in [1.54, 1.807) is 4.90 Å². The molecule has 1 heterocycles. The van der Waals surface area contributed by atoms with E-state index in [1.807, 2.05) is 13.8 Å². The van der Waals surface area contributed by atoms with Crippen LogP contribution < -0.4 is 4.90 Å². The van der Waals surface area contributed by atoms with Gasteiger partial charge in [0.2, 0.25) is 5.82 Å². The first-order chi connectivity index (χ1) is 8.35. The number of β-amino-alcohol motifs (C(OH)–C–C–N with tert-alkyl or cyclic N) is 1. The highest BCUT2D eigenvalue weighted by atomic mass is 19.1. The molecule has 0 radical (unpaired) electrons. The number of nitro groups is 1. The standard InChI is InChI=1S/C12H15FN2O3/c1-8(2)12(16)6-14(7-12)10-5-3-4-9(13)11(10)15(17)18/h3-5,8,16H,6-7H2,1-2H3. The summed E-state index contributed by atoms with van der Waals surface area (Å²) in [6.07, 6.45) is 0. The fourth-order valence-corrected chi connectivity index (χ4v) is 2.09. The Bertz CT molecular complexity index is 484. The fraction of sp³-hybridized carbons (Fsp3) is 0.500. The van der Waals surface area contributed by atoms with Crippen molar-refractivity contribution in [1.29, 1.82) is 0 Å². The van der Waals surface area contributed by atoms with E-state index in [1.165, 1.54) is 12.1 Å². The molecule has 0 saturated carbocycles. The maximum atomic E-state index is 13.4. The van der Waals surface area contributed by atoms with Gasteiger partial charge in [-0.15, -0.1) is 0 Å². The van der Waals surface area contributed by atoms with Gasteiger partial charge in [0, 0.05) is 13.1 Å². The predicted molar refractivity (Wildman–Crippen MR) is 65.1 cm³/mol. The van der Waals surface area contributed by atoms with Crippen LogP contribution in [0.15, 0.2) is 18.2 Å². The summed E-state index contributed by atoms with van der Waals surface area (Å²) in [4.78, 5) is 11.8. The Hall–Kier alpha value is -1.69. The highest BCUT2D eigenvalue weighted by Crippen LogP contribution is 2.38. The SMILES string of the molecule is CC(C)C1(O)CN(c2cccc(F)c2[N+](=O)[O-])C1. The van der Waals surface area contributed by atoms with Gasteiger partial charge in [-0.2, -0.15) is 4.39 Å². The summed E-state index contributed by atoms with van der Waals surface area (Å²) in [6.45, 7) is 4.35. The Morgan fingerprint density at radius 1 is 1.50 bits per heavy atom. The topological polar surface area (TPSA) is 66.6 Å². The molecule has 0 bridgehead atoms. The summed E-state index contributed by atoms with van der Waals surface area (Å²) in [7, 11) is 0. The molecular weight excluding hydrogens is 239 g/mol. The molecular formula is C12H15FN2O3. The van der Waals surface area contributed by atoms with E-state index in [4.69, 9.17) is 0 Å². The van der Waals surface area contributed by atoms with E-state index in [-0.39, 0.29) is 24.7 Å². The fourth-order valence-electron chi connectivity index (χ4n) is 2.09. The van der Waals surface area contributed by atoms with Crippen LogP contribution >= 0.6 is 0 Å². The lowest BCUT2D eigenvalue weighted by Crippen LogP contribution is -2.64. The first kappa shape index (κ1) is 12.8. The van der Waals surface area contributed by atoms with Crippen LogP contribution in [-0.4, -0.2) is 28.7 Å². The molecule has 2 rings (SSSR count).